The minimum absolute atomic E-state index is 0.239. The zero-order valence-electron chi connectivity index (χ0n) is 15.7. The van der Waals surface area contributed by atoms with Crippen molar-refractivity contribution in [1.82, 2.24) is 9.97 Å². The highest BCUT2D eigenvalue weighted by Gasteiger charge is 2.12. The first-order valence-electron chi connectivity index (χ1n) is 8.82. The lowest BCUT2D eigenvalue weighted by Gasteiger charge is -2.11. The Labute approximate surface area is 162 Å². The quantitative estimate of drug-likeness (QED) is 0.651. The molecule has 3 aromatic rings. The molecule has 0 atom stereocenters. The molecule has 0 saturated carbocycles. The average Bonchev–Trinajstić information content (AvgIpc) is 2.70. The molecule has 2 N–H and O–H groups in total. The maximum absolute atomic E-state index is 12.9. The van der Waals surface area contributed by atoms with Gasteiger partial charge in [-0.05, 0) is 54.8 Å². The summed E-state index contributed by atoms with van der Waals surface area (Å²) in [5, 5.41) is 5.89. The number of rotatable bonds is 7. The number of carbonyl (C=O) groups is 1. The fourth-order valence-corrected chi connectivity index (χ4v) is 2.65. The van der Waals surface area contributed by atoms with Gasteiger partial charge in [0.1, 0.15) is 17.3 Å². The highest BCUT2D eigenvalue weighted by atomic mass is 19.1. The summed E-state index contributed by atoms with van der Waals surface area (Å²) in [6.45, 7) is 2.49. The van der Waals surface area contributed by atoms with Crippen LogP contribution < -0.4 is 15.4 Å². The molecule has 0 aliphatic carbocycles. The van der Waals surface area contributed by atoms with Crippen molar-refractivity contribution in [3.05, 3.63) is 77.4 Å². The largest absolute Gasteiger partial charge is 0.495 e. The van der Waals surface area contributed by atoms with Gasteiger partial charge in [-0.2, -0.15) is 0 Å². The summed E-state index contributed by atoms with van der Waals surface area (Å²) in [6, 6.07) is 13.4. The molecular weight excluding hydrogens is 359 g/mol. The summed E-state index contributed by atoms with van der Waals surface area (Å²) in [5.74, 6) is 0.313. The first kappa shape index (κ1) is 19.3. The topological polar surface area (TPSA) is 76.1 Å². The number of halogens is 1. The van der Waals surface area contributed by atoms with Gasteiger partial charge in [0, 0.05) is 12.7 Å². The van der Waals surface area contributed by atoms with E-state index in [9.17, 15) is 9.18 Å². The van der Waals surface area contributed by atoms with Gasteiger partial charge in [0.2, 0.25) is 5.95 Å². The summed E-state index contributed by atoms with van der Waals surface area (Å²) in [7, 11) is 1.55. The highest BCUT2D eigenvalue weighted by molar-refractivity contribution is 6.03. The Balaban J connectivity index is 1.63. The van der Waals surface area contributed by atoms with Crippen molar-refractivity contribution >= 4 is 17.5 Å². The number of nitrogens with one attached hydrogen (secondary N) is 2. The molecule has 0 fully saturated rings. The van der Waals surface area contributed by atoms with Crippen LogP contribution in [0.2, 0.25) is 0 Å². The van der Waals surface area contributed by atoms with Crippen LogP contribution in [0.25, 0.3) is 0 Å². The van der Waals surface area contributed by atoms with Gasteiger partial charge in [0.05, 0.1) is 12.8 Å². The van der Waals surface area contributed by atoms with Crippen LogP contribution in [-0.4, -0.2) is 29.5 Å². The summed E-state index contributed by atoms with van der Waals surface area (Å²) >= 11 is 0. The zero-order chi connectivity index (χ0) is 19.9. The second kappa shape index (κ2) is 8.94. The average molecular weight is 380 g/mol. The van der Waals surface area contributed by atoms with E-state index in [1.807, 2.05) is 19.1 Å². The molecule has 0 saturated heterocycles. The zero-order valence-corrected chi connectivity index (χ0v) is 15.7. The van der Waals surface area contributed by atoms with Gasteiger partial charge < -0.3 is 15.4 Å². The summed E-state index contributed by atoms with van der Waals surface area (Å²) in [5.41, 5.74) is 2.82. The molecule has 2 aromatic carbocycles. The molecule has 6 nitrogen and oxygen atoms in total. The minimum atomic E-state index is -0.354. The molecular formula is C21H21FN4O2. The van der Waals surface area contributed by atoms with E-state index in [1.54, 1.807) is 31.4 Å². The lowest BCUT2D eigenvalue weighted by atomic mass is 10.1. The molecule has 1 heterocycles. The Bertz CT molecular complexity index is 961. The van der Waals surface area contributed by atoms with Crippen molar-refractivity contribution in [3.63, 3.8) is 0 Å². The molecule has 0 aliphatic heterocycles. The van der Waals surface area contributed by atoms with E-state index in [4.69, 9.17) is 4.74 Å². The molecule has 0 bridgehead atoms. The third-order valence-electron chi connectivity index (χ3n) is 4.10. The van der Waals surface area contributed by atoms with E-state index in [2.05, 4.69) is 20.6 Å². The predicted octanol–water partition coefficient (Wildman–Crippen LogP) is 3.84. The first-order chi connectivity index (χ1) is 13.5. The predicted molar refractivity (Wildman–Crippen MR) is 106 cm³/mol. The number of aromatic nitrogens is 2. The van der Waals surface area contributed by atoms with Crippen LogP contribution in [0.15, 0.2) is 54.7 Å². The van der Waals surface area contributed by atoms with Crippen molar-refractivity contribution in [1.29, 1.82) is 0 Å². The second-order valence-corrected chi connectivity index (χ2v) is 6.23. The molecule has 0 spiro atoms. The van der Waals surface area contributed by atoms with E-state index in [0.29, 0.717) is 30.4 Å². The normalized spacial score (nSPS) is 10.4. The molecule has 0 unspecified atom stereocenters. The lowest BCUT2D eigenvalue weighted by Crippen LogP contribution is -2.16. The van der Waals surface area contributed by atoms with E-state index < -0.39 is 0 Å². The third-order valence-corrected chi connectivity index (χ3v) is 4.10. The maximum atomic E-state index is 12.9. The van der Waals surface area contributed by atoms with E-state index >= 15 is 0 Å². The molecule has 0 aliphatic rings. The van der Waals surface area contributed by atoms with Gasteiger partial charge in [-0.1, -0.05) is 18.2 Å². The Morgan fingerprint density at radius 3 is 2.68 bits per heavy atom. The number of benzene rings is 2. The number of nitrogens with zero attached hydrogens (tertiary/aromatic N) is 2. The minimum Gasteiger partial charge on any atom is -0.495 e. The summed E-state index contributed by atoms with van der Waals surface area (Å²) in [6.07, 6.45) is 2.20. The molecule has 0 radical (unpaired) electrons. The van der Waals surface area contributed by atoms with E-state index in [0.717, 1.165) is 11.1 Å². The number of hydrogen-bond donors (Lipinski definition) is 2. The van der Waals surface area contributed by atoms with Crippen molar-refractivity contribution in [3.8, 4) is 5.75 Å². The van der Waals surface area contributed by atoms with Gasteiger partial charge in [0.25, 0.3) is 5.91 Å². The van der Waals surface area contributed by atoms with Gasteiger partial charge in [-0.3, -0.25) is 4.79 Å². The molecule has 1 amide bonds. The fourth-order valence-electron chi connectivity index (χ4n) is 2.65. The van der Waals surface area contributed by atoms with Crippen LogP contribution in [0.3, 0.4) is 0 Å². The number of hydrogen-bond acceptors (Lipinski definition) is 5. The van der Waals surface area contributed by atoms with Crippen molar-refractivity contribution in [2.75, 3.05) is 24.3 Å². The van der Waals surface area contributed by atoms with Crippen LogP contribution in [0.4, 0.5) is 16.0 Å². The van der Waals surface area contributed by atoms with Crippen LogP contribution in [-0.2, 0) is 6.42 Å². The molecule has 3 rings (SSSR count). The first-order valence-corrected chi connectivity index (χ1v) is 8.82. The van der Waals surface area contributed by atoms with E-state index in [1.165, 1.54) is 18.3 Å². The number of carbonyl (C=O) groups excluding carboxylic acids is 1. The van der Waals surface area contributed by atoms with Crippen molar-refractivity contribution in [2.24, 2.45) is 0 Å². The summed E-state index contributed by atoms with van der Waals surface area (Å²) in [4.78, 5) is 20.9. The van der Waals surface area contributed by atoms with Crippen LogP contribution in [0, 0.1) is 12.7 Å². The number of methoxy groups -OCH3 is 1. The number of ether oxygens (including phenoxy) is 1. The Hall–Kier alpha value is -3.48. The van der Waals surface area contributed by atoms with Crippen molar-refractivity contribution in [2.45, 2.75) is 13.3 Å². The highest BCUT2D eigenvalue weighted by Crippen LogP contribution is 2.25. The van der Waals surface area contributed by atoms with Crippen LogP contribution >= 0.6 is 0 Å². The Kier molecular flexibility index (Phi) is 6.16. The molecule has 28 heavy (non-hydrogen) atoms. The smallest absolute Gasteiger partial charge is 0.274 e. The monoisotopic (exact) mass is 380 g/mol. The third kappa shape index (κ3) is 5.03. The van der Waals surface area contributed by atoms with Gasteiger partial charge >= 0.3 is 0 Å². The molecule has 144 valence electrons. The summed E-state index contributed by atoms with van der Waals surface area (Å²) < 4.78 is 18.2. The SMILES string of the molecule is COc1ccc(C)cc1NC(=O)c1ccnc(NCCc2ccc(F)cc2)n1. The maximum Gasteiger partial charge on any atom is 0.274 e. The fraction of sp³-hybridized carbons (Fsp3) is 0.190. The van der Waals surface area contributed by atoms with Crippen molar-refractivity contribution < 1.29 is 13.9 Å². The van der Waals surface area contributed by atoms with Crippen LogP contribution in [0.1, 0.15) is 21.6 Å². The second-order valence-electron chi connectivity index (χ2n) is 6.23. The van der Waals surface area contributed by atoms with Crippen LogP contribution in [0.5, 0.6) is 5.75 Å². The molecule has 7 heteroatoms. The number of anilines is 2. The van der Waals surface area contributed by atoms with E-state index in [-0.39, 0.29) is 17.4 Å². The Morgan fingerprint density at radius 2 is 1.93 bits per heavy atom. The standard InChI is InChI=1S/C21H21FN4O2/c1-14-3-8-19(28-2)18(13-14)25-20(27)17-10-12-24-21(26-17)23-11-9-15-4-6-16(22)7-5-15/h3-8,10,12-13H,9,11H2,1-2H3,(H,25,27)(H,23,24,26). The Morgan fingerprint density at radius 1 is 1.14 bits per heavy atom. The lowest BCUT2D eigenvalue weighted by molar-refractivity contribution is 0.102. The molecule has 1 aromatic heterocycles. The number of amides is 1. The van der Waals surface area contributed by atoms with Gasteiger partial charge in [0.15, 0.2) is 0 Å². The van der Waals surface area contributed by atoms with Gasteiger partial charge in [-0.15, -0.1) is 0 Å². The van der Waals surface area contributed by atoms with Gasteiger partial charge in [-0.25, -0.2) is 14.4 Å². The number of aryl methyl sites for hydroxylation is 1.